The van der Waals surface area contributed by atoms with Gasteiger partial charge in [0, 0.05) is 32.7 Å². The largest absolute Gasteiger partial charge is 0.497 e. The number of rotatable bonds is 11. The molecule has 1 saturated heterocycles. The summed E-state index contributed by atoms with van der Waals surface area (Å²) in [4.78, 5) is 23.4. The molecule has 3 rings (SSSR count). The quantitative estimate of drug-likeness (QED) is 0.346. The first-order valence-electron chi connectivity index (χ1n) is 12.2. The number of carbonyl (C=O) groups is 1. The van der Waals surface area contributed by atoms with E-state index in [9.17, 15) is 13.2 Å². The van der Waals surface area contributed by atoms with E-state index < -0.39 is 15.6 Å². The van der Waals surface area contributed by atoms with Crippen LogP contribution >= 0.6 is 0 Å². The molecule has 0 radical (unpaired) electrons. The first-order chi connectivity index (χ1) is 17.6. The second-order valence-electron chi connectivity index (χ2n) is 9.61. The molecule has 11 heteroatoms. The maximum absolute atomic E-state index is 12.5. The molecule has 0 aromatic heterocycles. The van der Waals surface area contributed by atoms with Crippen LogP contribution in [0.25, 0.3) is 11.1 Å². The van der Waals surface area contributed by atoms with Crippen molar-refractivity contribution in [3.05, 3.63) is 48.5 Å². The average molecular weight is 536 g/mol. The predicted octanol–water partition coefficient (Wildman–Crippen LogP) is 3.14. The van der Waals surface area contributed by atoms with Crippen LogP contribution in [0.2, 0.25) is 0 Å². The molecule has 37 heavy (non-hydrogen) atoms. The van der Waals surface area contributed by atoms with Crippen LogP contribution in [0.5, 0.6) is 5.75 Å². The van der Waals surface area contributed by atoms with Gasteiger partial charge in [0.05, 0.1) is 31.8 Å². The maximum atomic E-state index is 12.5. The first-order valence-corrected chi connectivity index (χ1v) is 13.7. The summed E-state index contributed by atoms with van der Waals surface area (Å²) in [6, 6.07) is 14.1. The van der Waals surface area contributed by atoms with Crippen LogP contribution in [0, 0.1) is 0 Å². The number of carbonyl (C=O) groups excluding carboxylic acids is 1. The Bertz CT molecular complexity index is 1090. The number of sulfonamides is 1. The molecule has 1 aliphatic rings. The summed E-state index contributed by atoms with van der Waals surface area (Å²) >= 11 is 0. The lowest BCUT2D eigenvalue weighted by molar-refractivity contribution is 0.00442. The molecule has 1 amide bonds. The number of amides is 1. The number of piperazine rings is 1. The highest BCUT2D eigenvalue weighted by Crippen LogP contribution is 2.23. The molecule has 0 spiro atoms. The van der Waals surface area contributed by atoms with Gasteiger partial charge < -0.3 is 19.1 Å². The summed E-state index contributed by atoms with van der Waals surface area (Å²) in [5, 5.41) is 0. The molecule has 1 N–H and O–H groups in total. The molecular formula is C26H37N3O7S. The zero-order valence-corrected chi connectivity index (χ0v) is 22.8. The number of benzene rings is 2. The highest BCUT2D eigenvalue weighted by Gasteiger charge is 2.25. The monoisotopic (exact) mass is 535 g/mol. The molecule has 1 aliphatic heterocycles. The second-order valence-corrected chi connectivity index (χ2v) is 11.3. The van der Waals surface area contributed by atoms with Crippen molar-refractivity contribution in [2.45, 2.75) is 31.3 Å². The molecule has 1 heterocycles. The molecular weight excluding hydrogens is 498 g/mol. The van der Waals surface area contributed by atoms with Crippen molar-refractivity contribution in [1.82, 2.24) is 14.7 Å². The Morgan fingerprint density at radius 1 is 0.892 bits per heavy atom. The Hall–Kier alpha value is -2.70. The third-order valence-corrected chi connectivity index (χ3v) is 6.89. The lowest BCUT2D eigenvalue weighted by atomic mass is 10.1. The Morgan fingerprint density at radius 2 is 1.49 bits per heavy atom. The molecule has 0 aliphatic carbocycles. The fourth-order valence-electron chi connectivity index (χ4n) is 3.65. The predicted molar refractivity (Wildman–Crippen MR) is 140 cm³/mol. The molecule has 0 atom stereocenters. The number of hydrogen-bond donors (Lipinski definition) is 1. The molecule has 0 saturated carbocycles. The third kappa shape index (κ3) is 9.28. The minimum absolute atomic E-state index is 0.0790. The van der Waals surface area contributed by atoms with Crippen molar-refractivity contribution >= 4 is 16.1 Å². The zero-order valence-electron chi connectivity index (χ0n) is 21.9. The summed E-state index contributed by atoms with van der Waals surface area (Å²) in [5.41, 5.74) is 1.35. The van der Waals surface area contributed by atoms with Crippen molar-refractivity contribution in [2.24, 2.45) is 0 Å². The summed E-state index contributed by atoms with van der Waals surface area (Å²) in [6.45, 7) is 9.81. The van der Waals surface area contributed by atoms with Gasteiger partial charge >= 0.3 is 6.09 Å². The van der Waals surface area contributed by atoms with E-state index in [4.69, 9.17) is 19.0 Å². The van der Waals surface area contributed by atoms with Crippen molar-refractivity contribution < 1.29 is 32.3 Å². The summed E-state index contributed by atoms with van der Waals surface area (Å²) in [7, 11) is -2.20. The minimum atomic E-state index is -3.80. The molecule has 204 valence electrons. The van der Waals surface area contributed by atoms with Gasteiger partial charge in [-0.3, -0.25) is 9.74 Å². The molecule has 0 unspecified atom stereocenters. The van der Waals surface area contributed by atoms with Crippen LogP contribution in [0.1, 0.15) is 20.8 Å². The summed E-state index contributed by atoms with van der Waals surface area (Å²) in [6.07, 6.45) is -0.281. The number of nitrogens with one attached hydrogen (secondary N) is 1. The van der Waals surface area contributed by atoms with E-state index in [1.165, 1.54) is 12.1 Å². The van der Waals surface area contributed by atoms with E-state index in [0.29, 0.717) is 26.2 Å². The van der Waals surface area contributed by atoms with Crippen molar-refractivity contribution in [1.29, 1.82) is 0 Å². The smallest absolute Gasteiger partial charge is 0.410 e. The van der Waals surface area contributed by atoms with E-state index in [2.05, 4.69) is 9.79 Å². The highest BCUT2D eigenvalue weighted by molar-refractivity contribution is 7.89. The van der Waals surface area contributed by atoms with Crippen LogP contribution in [0.4, 0.5) is 4.79 Å². The second kappa shape index (κ2) is 13.2. The van der Waals surface area contributed by atoms with E-state index >= 15 is 0 Å². The normalized spacial score (nSPS) is 15.0. The van der Waals surface area contributed by atoms with Crippen LogP contribution in [0.15, 0.2) is 53.4 Å². The fourth-order valence-corrected chi connectivity index (χ4v) is 4.48. The number of nitrogens with zero attached hydrogens (tertiary/aromatic N) is 2. The van der Waals surface area contributed by atoms with Gasteiger partial charge in [-0.25, -0.2) is 13.2 Å². The number of hydrogen-bond acceptors (Lipinski definition) is 8. The lowest BCUT2D eigenvalue weighted by Crippen LogP contribution is -2.50. The van der Waals surface area contributed by atoms with Gasteiger partial charge in [-0.1, -0.05) is 29.2 Å². The van der Waals surface area contributed by atoms with Gasteiger partial charge in [0.25, 0.3) is 10.0 Å². The van der Waals surface area contributed by atoms with Crippen molar-refractivity contribution in [2.75, 3.05) is 59.7 Å². The Balaban J connectivity index is 1.30. The average Bonchev–Trinajstić information content (AvgIpc) is 2.87. The maximum Gasteiger partial charge on any atom is 0.410 e. The van der Waals surface area contributed by atoms with E-state index in [0.717, 1.165) is 30.0 Å². The van der Waals surface area contributed by atoms with Crippen LogP contribution < -0.4 is 9.62 Å². The molecule has 10 nitrogen and oxygen atoms in total. The molecule has 2 aromatic rings. The van der Waals surface area contributed by atoms with Gasteiger partial charge in [-0.05, 0) is 56.2 Å². The minimum Gasteiger partial charge on any atom is -0.497 e. The molecule has 0 bridgehead atoms. The topological polar surface area (TPSA) is 107 Å². The van der Waals surface area contributed by atoms with E-state index in [1.54, 1.807) is 24.1 Å². The highest BCUT2D eigenvalue weighted by atomic mass is 32.2. The molecule has 2 aromatic carbocycles. The standard InChI is InChI=1S/C26H37N3O7S/c1-26(2,3)36-25(30)29-15-13-28(14-16-29)17-18-34-19-20-35-27-37(31,32)24-11-7-22(8-12-24)21-5-9-23(33-4)10-6-21/h5-12,27H,13-20H2,1-4H3. The van der Waals surface area contributed by atoms with E-state index in [-0.39, 0.29) is 24.2 Å². The van der Waals surface area contributed by atoms with Crippen molar-refractivity contribution in [3.63, 3.8) is 0 Å². The van der Waals surface area contributed by atoms with E-state index in [1.807, 2.05) is 45.0 Å². The number of methoxy groups -OCH3 is 1. The van der Waals surface area contributed by atoms with Gasteiger partial charge in [0.2, 0.25) is 0 Å². The Morgan fingerprint density at radius 3 is 2.05 bits per heavy atom. The number of ether oxygens (including phenoxy) is 3. The third-order valence-electron chi connectivity index (χ3n) is 5.66. The zero-order chi connectivity index (χ0) is 26.9. The van der Waals surface area contributed by atoms with Crippen LogP contribution in [-0.2, 0) is 24.3 Å². The fraction of sp³-hybridized carbons (Fsp3) is 0.500. The lowest BCUT2D eigenvalue weighted by Gasteiger charge is -2.35. The van der Waals surface area contributed by atoms with Gasteiger partial charge in [0.15, 0.2) is 0 Å². The Labute approximate surface area is 219 Å². The molecule has 1 fully saturated rings. The Kier molecular flexibility index (Phi) is 10.3. The first kappa shape index (κ1) is 28.9. The summed E-state index contributed by atoms with van der Waals surface area (Å²) in [5.74, 6) is 0.756. The van der Waals surface area contributed by atoms with Gasteiger partial charge in [-0.2, -0.15) is 0 Å². The van der Waals surface area contributed by atoms with Crippen molar-refractivity contribution in [3.8, 4) is 16.9 Å². The van der Waals surface area contributed by atoms with Gasteiger partial charge in [-0.15, -0.1) is 0 Å². The van der Waals surface area contributed by atoms with Crippen LogP contribution in [-0.4, -0.2) is 89.6 Å². The van der Waals surface area contributed by atoms with Crippen LogP contribution in [0.3, 0.4) is 0 Å². The summed E-state index contributed by atoms with van der Waals surface area (Å²) < 4.78 is 41.1. The SMILES string of the molecule is COc1ccc(-c2ccc(S(=O)(=O)NOCCOCCN3CCN(C(=O)OC(C)(C)C)CC3)cc2)cc1. The van der Waals surface area contributed by atoms with Gasteiger partial charge in [0.1, 0.15) is 11.4 Å².